The normalized spacial score (nSPS) is 13.9. The monoisotopic (exact) mass is 305 g/mol. The second kappa shape index (κ2) is 6.33. The molecule has 7 heteroatoms. The summed E-state index contributed by atoms with van der Waals surface area (Å²) in [6.07, 6.45) is 1.47. The van der Waals surface area contributed by atoms with E-state index in [0.29, 0.717) is 47.0 Å². The summed E-state index contributed by atoms with van der Waals surface area (Å²) in [5.74, 6) is 2.03. The maximum absolute atomic E-state index is 6.32. The third kappa shape index (κ3) is 3.05. The number of ether oxygens (including phenoxy) is 2. The average Bonchev–Trinajstić information content (AvgIpc) is 2.51. The van der Waals surface area contributed by atoms with E-state index >= 15 is 0 Å². The Morgan fingerprint density at radius 1 is 1.14 bits per heavy atom. The van der Waals surface area contributed by atoms with Crippen molar-refractivity contribution < 1.29 is 9.47 Å². The predicted octanol–water partition coefficient (Wildman–Crippen LogP) is 1.14. The van der Waals surface area contributed by atoms with Gasteiger partial charge in [0.25, 0.3) is 0 Å². The Balaban J connectivity index is 2.56. The first kappa shape index (κ1) is 16.3. The summed E-state index contributed by atoms with van der Waals surface area (Å²) in [5, 5.41) is 0.705. The van der Waals surface area contributed by atoms with Crippen LogP contribution in [0.25, 0.3) is 10.9 Å². The average molecular weight is 305 g/mol. The number of hydrogen-bond donors (Lipinski definition) is 3. The molecule has 1 unspecified atom stereocenters. The zero-order valence-electron chi connectivity index (χ0n) is 13.2. The first-order valence-corrected chi connectivity index (χ1v) is 7.11. The molecule has 7 nitrogen and oxygen atoms in total. The van der Waals surface area contributed by atoms with Crippen molar-refractivity contribution >= 4 is 16.7 Å². The van der Waals surface area contributed by atoms with E-state index in [2.05, 4.69) is 9.97 Å². The molecule has 0 amide bonds. The van der Waals surface area contributed by atoms with E-state index in [9.17, 15) is 0 Å². The minimum absolute atomic E-state index is 0.366. The fourth-order valence-corrected chi connectivity index (χ4v) is 2.32. The zero-order valence-corrected chi connectivity index (χ0v) is 13.2. The van der Waals surface area contributed by atoms with Crippen LogP contribution in [0.15, 0.2) is 12.1 Å². The lowest BCUT2D eigenvalue weighted by Gasteiger charge is -2.23. The fraction of sp³-hybridized carbons (Fsp3) is 0.467. The van der Waals surface area contributed by atoms with Gasteiger partial charge in [-0.2, -0.15) is 0 Å². The summed E-state index contributed by atoms with van der Waals surface area (Å²) >= 11 is 0. The van der Waals surface area contributed by atoms with Crippen LogP contribution in [0.2, 0.25) is 0 Å². The number of nitrogens with zero attached hydrogens (tertiary/aromatic N) is 2. The van der Waals surface area contributed by atoms with Crippen LogP contribution in [0.5, 0.6) is 11.5 Å². The van der Waals surface area contributed by atoms with E-state index in [-0.39, 0.29) is 0 Å². The van der Waals surface area contributed by atoms with Crippen molar-refractivity contribution in [1.29, 1.82) is 0 Å². The predicted molar refractivity (Wildman–Crippen MR) is 86.9 cm³/mol. The van der Waals surface area contributed by atoms with Crippen molar-refractivity contribution in [3.8, 4) is 11.5 Å². The molecular weight excluding hydrogens is 282 g/mol. The van der Waals surface area contributed by atoms with Gasteiger partial charge in [-0.05, 0) is 32.4 Å². The highest BCUT2D eigenvalue weighted by molar-refractivity contribution is 5.90. The highest BCUT2D eigenvalue weighted by atomic mass is 16.5. The van der Waals surface area contributed by atoms with Gasteiger partial charge in [0.15, 0.2) is 17.3 Å². The number of nitrogen functional groups attached to an aromatic ring is 1. The Morgan fingerprint density at radius 3 is 2.36 bits per heavy atom. The van der Waals surface area contributed by atoms with Crippen LogP contribution >= 0.6 is 0 Å². The molecule has 0 spiro atoms. The maximum atomic E-state index is 6.32. The second-order valence-electron chi connectivity index (χ2n) is 5.47. The van der Waals surface area contributed by atoms with Crippen molar-refractivity contribution in [3.05, 3.63) is 18.0 Å². The molecule has 0 aliphatic carbocycles. The molecule has 0 saturated heterocycles. The van der Waals surface area contributed by atoms with E-state index in [1.807, 2.05) is 6.92 Å². The van der Waals surface area contributed by atoms with Crippen LogP contribution in [0.1, 0.15) is 25.6 Å². The van der Waals surface area contributed by atoms with E-state index in [0.717, 1.165) is 6.42 Å². The number of hydrogen-bond acceptors (Lipinski definition) is 7. The van der Waals surface area contributed by atoms with E-state index in [1.165, 1.54) is 0 Å². The molecule has 0 fully saturated rings. The molecule has 0 aliphatic rings. The molecule has 22 heavy (non-hydrogen) atoms. The second-order valence-corrected chi connectivity index (χ2v) is 5.47. The standard InChI is InChI=1S/C15H23N5O2/c1-15(18,5-4-6-16)14-19-10-8-12(22-3)11(21-2)7-9(10)13(17)20-14/h7-8H,4-6,16,18H2,1-3H3,(H2,17,19,20). The van der Waals surface area contributed by atoms with Crippen LogP contribution in [-0.4, -0.2) is 30.7 Å². The number of nitrogens with two attached hydrogens (primary N) is 3. The molecule has 1 atom stereocenters. The Kier molecular flexibility index (Phi) is 4.68. The summed E-state index contributed by atoms with van der Waals surface area (Å²) < 4.78 is 10.6. The number of fused-ring (bicyclic) bond motifs is 1. The molecule has 0 bridgehead atoms. The zero-order chi connectivity index (χ0) is 16.3. The lowest BCUT2D eigenvalue weighted by Crippen LogP contribution is -2.36. The van der Waals surface area contributed by atoms with Crippen LogP contribution in [0.4, 0.5) is 5.82 Å². The molecule has 1 heterocycles. The first-order chi connectivity index (χ1) is 10.4. The lowest BCUT2D eigenvalue weighted by molar-refractivity contribution is 0.355. The van der Waals surface area contributed by atoms with Crippen LogP contribution < -0.4 is 26.7 Å². The topological polar surface area (TPSA) is 122 Å². The molecule has 0 aliphatic heterocycles. The Morgan fingerprint density at radius 2 is 1.77 bits per heavy atom. The summed E-state index contributed by atoms with van der Waals surface area (Å²) in [6, 6.07) is 3.54. The Bertz CT molecular complexity index is 673. The van der Waals surface area contributed by atoms with Gasteiger partial charge in [-0.1, -0.05) is 0 Å². The van der Waals surface area contributed by atoms with Crippen molar-refractivity contribution in [2.24, 2.45) is 11.5 Å². The highest BCUT2D eigenvalue weighted by Crippen LogP contribution is 2.34. The Labute approximate surface area is 129 Å². The number of aromatic nitrogens is 2. The summed E-state index contributed by atoms with van der Waals surface area (Å²) in [5.41, 5.74) is 17.9. The minimum atomic E-state index is -0.686. The van der Waals surface area contributed by atoms with Gasteiger partial charge < -0.3 is 26.7 Å². The number of rotatable bonds is 6. The van der Waals surface area contributed by atoms with Gasteiger partial charge in [0.2, 0.25) is 0 Å². The van der Waals surface area contributed by atoms with Crippen LogP contribution in [-0.2, 0) is 5.54 Å². The molecule has 2 rings (SSSR count). The number of benzene rings is 1. The van der Waals surface area contributed by atoms with E-state index in [1.54, 1.807) is 26.4 Å². The number of methoxy groups -OCH3 is 2. The van der Waals surface area contributed by atoms with Crippen molar-refractivity contribution in [2.45, 2.75) is 25.3 Å². The quantitative estimate of drug-likeness (QED) is 0.731. The fourth-order valence-electron chi connectivity index (χ4n) is 2.32. The Hall–Kier alpha value is -2.12. The van der Waals surface area contributed by atoms with E-state index in [4.69, 9.17) is 26.7 Å². The largest absolute Gasteiger partial charge is 0.493 e. The molecule has 120 valence electrons. The SMILES string of the molecule is COc1cc2nc(C(C)(N)CCCN)nc(N)c2cc1OC. The first-order valence-electron chi connectivity index (χ1n) is 7.11. The lowest BCUT2D eigenvalue weighted by atomic mass is 9.96. The van der Waals surface area contributed by atoms with Crippen molar-refractivity contribution in [1.82, 2.24) is 9.97 Å². The van der Waals surface area contributed by atoms with Gasteiger partial charge in [-0.3, -0.25) is 0 Å². The van der Waals surface area contributed by atoms with Gasteiger partial charge in [0.05, 0.1) is 25.3 Å². The van der Waals surface area contributed by atoms with Crippen LogP contribution in [0.3, 0.4) is 0 Å². The third-order valence-corrected chi connectivity index (χ3v) is 3.64. The van der Waals surface area contributed by atoms with Gasteiger partial charge in [0, 0.05) is 11.5 Å². The van der Waals surface area contributed by atoms with Crippen molar-refractivity contribution in [2.75, 3.05) is 26.5 Å². The molecule has 1 aromatic heterocycles. The van der Waals surface area contributed by atoms with Crippen LogP contribution in [0, 0.1) is 0 Å². The van der Waals surface area contributed by atoms with Crippen molar-refractivity contribution in [3.63, 3.8) is 0 Å². The molecule has 0 radical (unpaired) electrons. The minimum Gasteiger partial charge on any atom is -0.493 e. The van der Waals surface area contributed by atoms with E-state index < -0.39 is 5.54 Å². The molecule has 0 saturated carbocycles. The number of anilines is 1. The third-order valence-electron chi connectivity index (χ3n) is 3.64. The summed E-state index contributed by atoms with van der Waals surface area (Å²) in [4.78, 5) is 8.91. The van der Waals surface area contributed by atoms with Gasteiger partial charge in [0.1, 0.15) is 5.82 Å². The van der Waals surface area contributed by atoms with Gasteiger partial charge in [-0.15, -0.1) is 0 Å². The summed E-state index contributed by atoms with van der Waals surface area (Å²) in [6.45, 7) is 2.45. The molecular formula is C15H23N5O2. The maximum Gasteiger partial charge on any atom is 0.162 e. The highest BCUT2D eigenvalue weighted by Gasteiger charge is 2.25. The molecule has 2 aromatic rings. The van der Waals surface area contributed by atoms with Gasteiger partial charge >= 0.3 is 0 Å². The van der Waals surface area contributed by atoms with Gasteiger partial charge in [-0.25, -0.2) is 9.97 Å². The smallest absolute Gasteiger partial charge is 0.162 e. The summed E-state index contributed by atoms with van der Waals surface area (Å²) in [7, 11) is 3.14. The molecule has 6 N–H and O–H groups in total. The molecule has 1 aromatic carbocycles.